The van der Waals surface area contributed by atoms with Gasteiger partial charge in [-0.3, -0.25) is 25.2 Å². The van der Waals surface area contributed by atoms with Crippen molar-refractivity contribution in [3.05, 3.63) is 59.7 Å². The number of nitrogens with one attached hydrogen (secondary N) is 2. The number of para-hydroxylation sites is 1. The zero-order valence-corrected chi connectivity index (χ0v) is 19.1. The standard InChI is InChI=1S/C25H31N3O5/c1-18-10-11-22(15-19(18)2)33-17-23(29)26-27-25(31)20-7-6-13-28(16-20)24(30)12-14-32-21-8-4-3-5-9-21/h3-5,8-11,15,20H,6-7,12-14,16-17H2,1-2H3,(H,26,29)(H,27,31). The molecular weight excluding hydrogens is 422 g/mol. The first-order chi connectivity index (χ1) is 15.9. The Morgan fingerprint density at radius 1 is 0.970 bits per heavy atom. The fourth-order valence-corrected chi connectivity index (χ4v) is 3.57. The largest absolute Gasteiger partial charge is 0.493 e. The van der Waals surface area contributed by atoms with Crippen LogP contribution in [0.3, 0.4) is 0 Å². The molecule has 0 spiro atoms. The van der Waals surface area contributed by atoms with Crippen molar-refractivity contribution in [1.82, 2.24) is 15.8 Å². The van der Waals surface area contributed by atoms with Gasteiger partial charge in [0.2, 0.25) is 11.8 Å². The summed E-state index contributed by atoms with van der Waals surface area (Å²) in [6.07, 6.45) is 1.63. The minimum atomic E-state index is -0.455. The van der Waals surface area contributed by atoms with Gasteiger partial charge in [-0.15, -0.1) is 0 Å². The minimum absolute atomic E-state index is 0.0470. The van der Waals surface area contributed by atoms with Crippen LogP contribution in [0.15, 0.2) is 48.5 Å². The monoisotopic (exact) mass is 453 g/mol. The van der Waals surface area contributed by atoms with Gasteiger partial charge in [0.15, 0.2) is 6.61 Å². The van der Waals surface area contributed by atoms with Gasteiger partial charge in [0.25, 0.3) is 5.91 Å². The molecule has 3 amide bonds. The van der Waals surface area contributed by atoms with Gasteiger partial charge in [-0.1, -0.05) is 24.3 Å². The average molecular weight is 454 g/mol. The highest BCUT2D eigenvalue weighted by molar-refractivity contribution is 5.85. The van der Waals surface area contributed by atoms with E-state index < -0.39 is 5.91 Å². The highest BCUT2D eigenvalue weighted by Crippen LogP contribution is 2.18. The number of ether oxygens (including phenoxy) is 2. The van der Waals surface area contributed by atoms with Crippen LogP contribution in [0.5, 0.6) is 11.5 Å². The fourth-order valence-electron chi connectivity index (χ4n) is 3.57. The third kappa shape index (κ3) is 7.52. The van der Waals surface area contributed by atoms with Crippen LogP contribution < -0.4 is 20.3 Å². The Bertz CT molecular complexity index is 964. The lowest BCUT2D eigenvalue weighted by atomic mass is 9.97. The van der Waals surface area contributed by atoms with Crippen molar-refractivity contribution >= 4 is 17.7 Å². The summed E-state index contributed by atoms with van der Waals surface area (Å²) < 4.78 is 11.1. The third-order valence-electron chi connectivity index (χ3n) is 5.65. The molecule has 8 nitrogen and oxygen atoms in total. The Balaban J connectivity index is 1.37. The Hall–Kier alpha value is -3.55. The number of hydrazine groups is 1. The maximum atomic E-state index is 12.5. The van der Waals surface area contributed by atoms with Crippen molar-refractivity contribution in [2.24, 2.45) is 5.92 Å². The molecule has 1 unspecified atom stereocenters. The predicted octanol–water partition coefficient (Wildman–Crippen LogP) is 2.54. The van der Waals surface area contributed by atoms with Crippen LogP contribution in [0.4, 0.5) is 0 Å². The van der Waals surface area contributed by atoms with E-state index in [9.17, 15) is 14.4 Å². The van der Waals surface area contributed by atoms with Gasteiger partial charge in [-0.05, 0) is 62.1 Å². The van der Waals surface area contributed by atoms with E-state index in [0.717, 1.165) is 23.3 Å². The SMILES string of the molecule is Cc1ccc(OCC(=O)NNC(=O)C2CCCN(C(=O)CCOc3ccccc3)C2)cc1C. The van der Waals surface area contributed by atoms with Crippen molar-refractivity contribution in [3.63, 3.8) is 0 Å². The molecule has 0 radical (unpaired) electrons. The van der Waals surface area contributed by atoms with Crippen LogP contribution in [-0.2, 0) is 14.4 Å². The Kier molecular flexibility index (Phi) is 8.69. The summed E-state index contributed by atoms with van der Waals surface area (Å²) >= 11 is 0. The molecule has 2 aromatic rings. The molecule has 176 valence electrons. The summed E-state index contributed by atoms with van der Waals surface area (Å²) in [6, 6.07) is 14.9. The number of amides is 3. The first kappa shape index (κ1) is 24.1. The molecule has 1 atom stereocenters. The first-order valence-electron chi connectivity index (χ1n) is 11.2. The molecule has 1 aliphatic heterocycles. The number of carbonyl (C=O) groups excluding carboxylic acids is 3. The summed E-state index contributed by atoms with van der Waals surface area (Å²) in [5.41, 5.74) is 7.05. The van der Waals surface area contributed by atoms with E-state index in [1.54, 1.807) is 11.0 Å². The topological polar surface area (TPSA) is 97.0 Å². The van der Waals surface area contributed by atoms with E-state index in [0.29, 0.717) is 25.3 Å². The predicted molar refractivity (Wildman–Crippen MR) is 124 cm³/mol. The molecule has 33 heavy (non-hydrogen) atoms. The van der Waals surface area contributed by atoms with E-state index in [4.69, 9.17) is 9.47 Å². The molecule has 8 heteroatoms. The lowest BCUT2D eigenvalue weighted by Gasteiger charge is -2.32. The van der Waals surface area contributed by atoms with E-state index in [1.165, 1.54) is 0 Å². The zero-order chi connectivity index (χ0) is 23.6. The van der Waals surface area contributed by atoms with E-state index in [-0.39, 0.29) is 37.4 Å². The lowest BCUT2D eigenvalue weighted by Crippen LogP contribution is -2.50. The van der Waals surface area contributed by atoms with Crippen LogP contribution in [0, 0.1) is 19.8 Å². The van der Waals surface area contributed by atoms with Gasteiger partial charge in [-0.25, -0.2) is 0 Å². The van der Waals surface area contributed by atoms with Crippen molar-refractivity contribution < 1.29 is 23.9 Å². The fraction of sp³-hybridized carbons (Fsp3) is 0.400. The Morgan fingerprint density at radius 3 is 2.52 bits per heavy atom. The zero-order valence-electron chi connectivity index (χ0n) is 19.1. The van der Waals surface area contributed by atoms with Gasteiger partial charge in [0.1, 0.15) is 11.5 Å². The van der Waals surface area contributed by atoms with Crippen LogP contribution in [0.1, 0.15) is 30.4 Å². The number of nitrogens with zero attached hydrogens (tertiary/aromatic N) is 1. The second-order valence-corrected chi connectivity index (χ2v) is 8.16. The van der Waals surface area contributed by atoms with Crippen molar-refractivity contribution in [2.45, 2.75) is 33.1 Å². The maximum absolute atomic E-state index is 12.5. The average Bonchev–Trinajstić information content (AvgIpc) is 2.84. The lowest BCUT2D eigenvalue weighted by molar-refractivity contribution is -0.138. The number of piperidine rings is 1. The van der Waals surface area contributed by atoms with Crippen LogP contribution in [0.25, 0.3) is 0 Å². The van der Waals surface area contributed by atoms with Gasteiger partial charge in [0, 0.05) is 13.1 Å². The number of aryl methyl sites for hydroxylation is 2. The van der Waals surface area contributed by atoms with Crippen molar-refractivity contribution in [2.75, 3.05) is 26.3 Å². The molecule has 0 aromatic heterocycles. The summed E-state index contributed by atoms with van der Waals surface area (Å²) in [6.45, 7) is 4.98. The second-order valence-electron chi connectivity index (χ2n) is 8.16. The molecular formula is C25H31N3O5. The summed E-state index contributed by atoms with van der Waals surface area (Å²) in [7, 11) is 0. The van der Waals surface area contributed by atoms with E-state index in [1.807, 2.05) is 56.3 Å². The molecule has 1 aliphatic rings. The van der Waals surface area contributed by atoms with Crippen LogP contribution in [0.2, 0.25) is 0 Å². The number of rotatable bonds is 8. The molecule has 3 rings (SSSR count). The maximum Gasteiger partial charge on any atom is 0.276 e. The number of benzene rings is 2. The summed E-state index contributed by atoms with van der Waals surface area (Å²) in [5, 5.41) is 0. The van der Waals surface area contributed by atoms with Gasteiger partial charge >= 0.3 is 0 Å². The molecule has 1 heterocycles. The highest BCUT2D eigenvalue weighted by atomic mass is 16.5. The van der Waals surface area contributed by atoms with Crippen LogP contribution in [-0.4, -0.2) is 48.9 Å². The third-order valence-corrected chi connectivity index (χ3v) is 5.65. The molecule has 0 aliphatic carbocycles. The van der Waals surface area contributed by atoms with Crippen molar-refractivity contribution in [3.8, 4) is 11.5 Å². The Morgan fingerprint density at radius 2 is 1.76 bits per heavy atom. The molecule has 1 fully saturated rings. The van der Waals surface area contributed by atoms with E-state index in [2.05, 4.69) is 10.9 Å². The minimum Gasteiger partial charge on any atom is -0.493 e. The number of likely N-dealkylation sites (tertiary alicyclic amines) is 1. The number of carbonyl (C=O) groups is 3. The summed E-state index contributed by atoms with van der Waals surface area (Å²) in [5.74, 6) is 0.125. The normalized spacial score (nSPS) is 15.5. The number of hydrogen-bond acceptors (Lipinski definition) is 5. The quantitative estimate of drug-likeness (QED) is 0.599. The van der Waals surface area contributed by atoms with Gasteiger partial charge in [0.05, 0.1) is 18.9 Å². The highest BCUT2D eigenvalue weighted by Gasteiger charge is 2.28. The first-order valence-corrected chi connectivity index (χ1v) is 11.2. The molecule has 2 aromatic carbocycles. The Labute approximate surface area is 194 Å². The van der Waals surface area contributed by atoms with Gasteiger partial charge < -0.3 is 14.4 Å². The molecule has 1 saturated heterocycles. The second kappa shape index (κ2) is 11.9. The van der Waals surface area contributed by atoms with Crippen LogP contribution >= 0.6 is 0 Å². The smallest absolute Gasteiger partial charge is 0.276 e. The molecule has 0 saturated carbocycles. The summed E-state index contributed by atoms with van der Waals surface area (Å²) in [4.78, 5) is 38.7. The van der Waals surface area contributed by atoms with Gasteiger partial charge in [-0.2, -0.15) is 0 Å². The molecule has 2 N–H and O–H groups in total. The van der Waals surface area contributed by atoms with Crippen molar-refractivity contribution in [1.29, 1.82) is 0 Å². The van der Waals surface area contributed by atoms with E-state index >= 15 is 0 Å². The molecule has 0 bridgehead atoms. The number of hydrogen-bond donors (Lipinski definition) is 2.